The largest absolute Gasteiger partial charge is 0.313 e. The van der Waals surface area contributed by atoms with Gasteiger partial charge in [0.15, 0.2) is 0 Å². The summed E-state index contributed by atoms with van der Waals surface area (Å²) in [4.78, 5) is 0. The highest BCUT2D eigenvalue weighted by Crippen LogP contribution is 2.31. The number of nitrogens with one attached hydrogen (secondary N) is 1. The topological polar surface area (TPSA) is 12.0 Å². The Kier molecular flexibility index (Phi) is 5.76. The first-order chi connectivity index (χ1) is 9.51. The molecule has 0 fully saturated rings. The van der Waals surface area contributed by atoms with Gasteiger partial charge in [0.1, 0.15) is 0 Å². The molecule has 1 unspecified atom stereocenters. The number of rotatable bonds is 4. The fourth-order valence-corrected chi connectivity index (χ4v) is 3.24. The number of benzene rings is 2. The average Bonchev–Trinajstić information content (AvgIpc) is 2.41. The van der Waals surface area contributed by atoms with Gasteiger partial charge in [0.2, 0.25) is 0 Å². The molecular formula is C15H13BrCl3N. The molecule has 0 amide bonds. The summed E-state index contributed by atoms with van der Waals surface area (Å²) in [5.41, 5.74) is 2.03. The van der Waals surface area contributed by atoms with Gasteiger partial charge in [0.25, 0.3) is 0 Å². The Morgan fingerprint density at radius 1 is 1.05 bits per heavy atom. The summed E-state index contributed by atoms with van der Waals surface area (Å²) in [7, 11) is 1.90. The van der Waals surface area contributed by atoms with Crippen molar-refractivity contribution in [1.82, 2.24) is 5.32 Å². The van der Waals surface area contributed by atoms with E-state index in [0.29, 0.717) is 10.0 Å². The molecule has 1 atom stereocenters. The van der Waals surface area contributed by atoms with E-state index in [1.807, 2.05) is 37.4 Å². The quantitative estimate of drug-likeness (QED) is 0.681. The molecule has 20 heavy (non-hydrogen) atoms. The van der Waals surface area contributed by atoms with Gasteiger partial charge in [-0.1, -0.05) is 56.8 Å². The van der Waals surface area contributed by atoms with Crippen molar-refractivity contribution >= 4 is 50.7 Å². The molecule has 0 saturated heterocycles. The monoisotopic (exact) mass is 391 g/mol. The summed E-state index contributed by atoms with van der Waals surface area (Å²) in [6, 6.07) is 11.4. The second-order valence-corrected chi connectivity index (χ2v) is 6.61. The van der Waals surface area contributed by atoms with Crippen LogP contribution in [0.1, 0.15) is 17.2 Å². The highest BCUT2D eigenvalue weighted by Gasteiger charge is 2.15. The Labute approximate surface area is 142 Å². The van der Waals surface area contributed by atoms with Crippen molar-refractivity contribution < 1.29 is 0 Å². The average molecular weight is 394 g/mol. The first kappa shape index (κ1) is 16.1. The Hall–Kier alpha value is -0.250. The van der Waals surface area contributed by atoms with E-state index in [0.717, 1.165) is 27.0 Å². The molecule has 0 bridgehead atoms. The van der Waals surface area contributed by atoms with Gasteiger partial charge in [0, 0.05) is 25.6 Å². The van der Waals surface area contributed by atoms with E-state index in [-0.39, 0.29) is 6.04 Å². The Balaban J connectivity index is 2.31. The smallest absolute Gasteiger partial charge is 0.0454 e. The van der Waals surface area contributed by atoms with Gasteiger partial charge in [-0.25, -0.2) is 0 Å². The molecule has 0 spiro atoms. The summed E-state index contributed by atoms with van der Waals surface area (Å²) >= 11 is 22.0. The van der Waals surface area contributed by atoms with Gasteiger partial charge in [-0.15, -0.1) is 0 Å². The molecule has 0 saturated carbocycles. The Morgan fingerprint density at radius 2 is 1.80 bits per heavy atom. The number of likely N-dealkylation sites (N-methyl/N-ethyl adjacent to an activating group) is 1. The van der Waals surface area contributed by atoms with Crippen LogP contribution in [0.15, 0.2) is 40.9 Å². The second kappa shape index (κ2) is 7.15. The molecule has 0 heterocycles. The van der Waals surface area contributed by atoms with Crippen LogP contribution in [0.2, 0.25) is 15.1 Å². The van der Waals surface area contributed by atoms with E-state index in [9.17, 15) is 0 Å². The van der Waals surface area contributed by atoms with Crippen molar-refractivity contribution in [2.24, 2.45) is 0 Å². The molecule has 2 aromatic carbocycles. The minimum atomic E-state index is 0.0554. The fourth-order valence-electron chi connectivity index (χ4n) is 2.06. The maximum absolute atomic E-state index is 6.27. The Morgan fingerprint density at radius 3 is 2.45 bits per heavy atom. The zero-order valence-corrected chi connectivity index (χ0v) is 14.6. The van der Waals surface area contributed by atoms with Crippen molar-refractivity contribution in [1.29, 1.82) is 0 Å². The van der Waals surface area contributed by atoms with Crippen LogP contribution in [0.5, 0.6) is 0 Å². The third-order valence-corrected chi connectivity index (χ3v) is 4.55. The number of halogens is 4. The molecule has 0 radical (unpaired) electrons. The van der Waals surface area contributed by atoms with E-state index in [2.05, 4.69) is 21.2 Å². The second-order valence-electron chi connectivity index (χ2n) is 4.45. The predicted octanol–water partition coefficient (Wildman–Crippen LogP) is 5.91. The lowest BCUT2D eigenvalue weighted by molar-refractivity contribution is 0.592. The van der Waals surface area contributed by atoms with Crippen LogP contribution in [-0.4, -0.2) is 7.05 Å². The van der Waals surface area contributed by atoms with Gasteiger partial charge < -0.3 is 5.32 Å². The van der Waals surface area contributed by atoms with E-state index in [4.69, 9.17) is 34.8 Å². The molecule has 0 aliphatic carbocycles. The minimum absolute atomic E-state index is 0.0554. The molecule has 1 nitrogen and oxygen atoms in total. The van der Waals surface area contributed by atoms with Gasteiger partial charge in [-0.3, -0.25) is 0 Å². The Bertz CT molecular complexity index is 616. The van der Waals surface area contributed by atoms with Gasteiger partial charge in [-0.05, 0) is 54.9 Å². The maximum atomic E-state index is 6.27. The maximum Gasteiger partial charge on any atom is 0.0454 e. The summed E-state index contributed by atoms with van der Waals surface area (Å²) in [5.74, 6) is 0. The lowest BCUT2D eigenvalue weighted by Gasteiger charge is -2.19. The number of hydrogen-bond acceptors (Lipinski definition) is 1. The molecule has 106 valence electrons. The summed E-state index contributed by atoms with van der Waals surface area (Å²) in [6.45, 7) is 0. The normalized spacial score (nSPS) is 12.4. The van der Waals surface area contributed by atoms with Crippen LogP contribution >= 0.6 is 50.7 Å². The summed E-state index contributed by atoms with van der Waals surface area (Å²) in [6.07, 6.45) is 0.739. The third kappa shape index (κ3) is 3.90. The number of hydrogen-bond donors (Lipinski definition) is 1. The highest BCUT2D eigenvalue weighted by atomic mass is 79.9. The summed E-state index contributed by atoms with van der Waals surface area (Å²) in [5, 5.41) is 5.37. The van der Waals surface area contributed by atoms with Crippen LogP contribution in [0.4, 0.5) is 0 Å². The first-order valence-electron chi connectivity index (χ1n) is 6.07. The molecule has 2 aromatic rings. The summed E-state index contributed by atoms with van der Waals surface area (Å²) < 4.78 is 0.966. The molecule has 0 aromatic heterocycles. The highest BCUT2D eigenvalue weighted by molar-refractivity contribution is 9.10. The predicted molar refractivity (Wildman–Crippen MR) is 91.1 cm³/mol. The third-order valence-electron chi connectivity index (χ3n) is 3.12. The SMILES string of the molecule is CNC(Cc1ccc(Br)cc1Cl)c1cc(Cl)ccc1Cl. The van der Waals surface area contributed by atoms with Crippen LogP contribution < -0.4 is 5.32 Å². The van der Waals surface area contributed by atoms with Crippen molar-refractivity contribution in [3.63, 3.8) is 0 Å². The zero-order valence-electron chi connectivity index (χ0n) is 10.8. The van der Waals surface area contributed by atoms with Gasteiger partial charge in [-0.2, -0.15) is 0 Å². The van der Waals surface area contributed by atoms with Gasteiger partial charge in [0.05, 0.1) is 0 Å². The van der Waals surface area contributed by atoms with Crippen molar-refractivity contribution in [3.05, 3.63) is 67.1 Å². The van der Waals surface area contributed by atoms with Crippen LogP contribution in [0.25, 0.3) is 0 Å². The molecule has 1 N–H and O–H groups in total. The van der Waals surface area contributed by atoms with E-state index in [1.165, 1.54) is 0 Å². The molecule has 0 aliphatic heterocycles. The lowest BCUT2D eigenvalue weighted by Crippen LogP contribution is -2.19. The standard InChI is InChI=1S/C15H13BrCl3N/c1-20-15(12-8-11(17)4-5-13(12)18)6-9-2-3-10(16)7-14(9)19/h2-5,7-8,15,20H,6H2,1H3. The van der Waals surface area contributed by atoms with Crippen molar-refractivity contribution in [2.45, 2.75) is 12.5 Å². The first-order valence-corrected chi connectivity index (χ1v) is 8.00. The van der Waals surface area contributed by atoms with Crippen LogP contribution in [0.3, 0.4) is 0 Å². The minimum Gasteiger partial charge on any atom is -0.313 e. The molecular weight excluding hydrogens is 380 g/mol. The molecule has 2 rings (SSSR count). The zero-order chi connectivity index (χ0) is 14.7. The van der Waals surface area contributed by atoms with E-state index < -0.39 is 0 Å². The molecule has 0 aliphatic rings. The molecule has 5 heteroatoms. The fraction of sp³-hybridized carbons (Fsp3) is 0.200. The lowest BCUT2D eigenvalue weighted by atomic mass is 9.99. The van der Waals surface area contributed by atoms with Gasteiger partial charge >= 0.3 is 0 Å². The van der Waals surface area contributed by atoms with Crippen molar-refractivity contribution in [3.8, 4) is 0 Å². The van der Waals surface area contributed by atoms with Crippen LogP contribution in [0, 0.1) is 0 Å². The van der Waals surface area contributed by atoms with E-state index >= 15 is 0 Å². The van der Waals surface area contributed by atoms with Crippen LogP contribution in [-0.2, 0) is 6.42 Å². The van der Waals surface area contributed by atoms with Crippen molar-refractivity contribution in [2.75, 3.05) is 7.05 Å². The van der Waals surface area contributed by atoms with E-state index in [1.54, 1.807) is 6.07 Å².